The van der Waals surface area contributed by atoms with Crippen LogP contribution in [0.15, 0.2) is 315 Å². The van der Waals surface area contributed by atoms with Crippen molar-refractivity contribution in [1.82, 2.24) is 0 Å². The van der Waals surface area contributed by atoms with Crippen LogP contribution >= 0.6 is 0 Å². The van der Waals surface area contributed by atoms with Crippen molar-refractivity contribution in [2.24, 2.45) is 0 Å². The second-order valence-corrected chi connectivity index (χ2v) is 30.0. The van der Waals surface area contributed by atoms with E-state index in [1.165, 1.54) is 121 Å². The maximum absolute atomic E-state index is 20.0. The molecule has 0 aliphatic heterocycles. The molecule has 0 saturated heterocycles. The van der Waals surface area contributed by atoms with Gasteiger partial charge in [0.25, 0.3) is 0 Å². The molecule has 0 unspecified atom stereocenters. The van der Waals surface area contributed by atoms with Crippen LogP contribution in [0.25, 0.3) is 175 Å². The monoisotopic (exact) mass is 1620 g/mol. The minimum atomic E-state index is -7.31. The van der Waals surface area contributed by atoms with Crippen molar-refractivity contribution in [3.05, 3.63) is 409 Å². The van der Waals surface area contributed by atoms with Crippen molar-refractivity contribution in [2.75, 3.05) is 0 Å². The quantitative estimate of drug-likeness (QED) is 0.0650. The van der Waals surface area contributed by atoms with Gasteiger partial charge in [0.15, 0.2) is 46.5 Å². The maximum Gasteiger partial charge on any atom is 0.166 e. The lowest BCUT2D eigenvalue weighted by Crippen LogP contribution is -2.81. The largest absolute Gasteiger partial charge is 0.207 e. The Kier molecular flexibility index (Phi) is 18.0. The van der Waals surface area contributed by atoms with Gasteiger partial charge in [0.1, 0.15) is 52.7 Å². The molecule has 0 bridgehead atoms. The molecular formula is C104H52BF16-. The molecular weight excluding hydrogens is 1560 g/mol. The summed E-state index contributed by atoms with van der Waals surface area (Å²) in [6.07, 6.45) is -7.31. The lowest BCUT2D eigenvalue weighted by atomic mass is 9.12. The Morgan fingerprint density at radius 1 is 0.116 bits per heavy atom. The van der Waals surface area contributed by atoms with Gasteiger partial charge < -0.3 is 0 Å². The molecule has 121 heavy (non-hydrogen) atoms. The highest BCUT2D eigenvalue weighted by molar-refractivity contribution is 7.20. The first-order valence-electron chi connectivity index (χ1n) is 38.4. The van der Waals surface area contributed by atoms with Gasteiger partial charge in [0.05, 0.1) is 22.3 Å². The number of rotatable bonds is 12. The average molecular weight is 1620 g/mol. The Labute approximate surface area is 678 Å². The van der Waals surface area contributed by atoms with Crippen LogP contribution in [0.2, 0.25) is 0 Å². The van der Waals surface area contributed by atoms with Crippen molar-refractivity contribution in [1.29, 1.82) is 0 Å². The van der Waals surface area contributed by atoms with Gasteiger partial charge in [-0.15, -0.1) is 21.9 Å². The molecule has 20 rings (SSSR count). The fourth-order valence-corrected chi connectivity index (χ4v) is 18.8. The first-order valence-corrected chi connectivity index (χ1v) is 38.4. The molecule has 0 aromatic heterocycles. The third-order valence-electron chi connectivity index (χ3n) is 24.0. The molecule has 0 fully saturated rings. The van der Waals surface area contributed by atoms with Crippen LogP contribution in [-0.2, 0) is 0 Å². The van der Waals surface area contributed by atoms with Gasteiger partial charge in [-0.1, -0.05) is 315 Å². The molecule has 0 N–H and O–H groups in total. The molecule has 0 atom stereocenters. The molecule has 584 valence electrons. The number of halogens is 16. The smallest absolute Gasteiger partial charge is 0.166 e. The Morgan fingerprint density at radius 3 is 0.446 bits per heavy atom. The summed E-state index contributed by atoms with van der Waals surface area (Å²) in [5.41, 5.74) is -23.1. The lowest BCUT2D eigenvalue weighted by molar-refractivity contribution is 0.457. The van der Waals surface area contributed by atoms with Crippen LogP contribution in [0.3, 0.4) is 0 Å². The van der Waals surface area contributed by atoms with Crippen molar-refractivity contribution >= 4 is 114 Å². The Hall–Kier alpha value is -14.6. The van der Waals surface area contributed by atoms with Gasteiger partial charge in [-0.25, -0.2) is 70.2 Å². The van der Waals surface area contributed by atoms with E-state index in [2.05, 4.69) is 0 Å². The lowest BCUT2D eigenvalue weighted by Gasteiger charge is -2.45. The standard InChI is InChI=1S/C104H52BF16/c106-89-81(73-49-45-57-25-5-13-37-65(57)77(73)69-41-17-29-53-21-1-9-33-61(53)69)90(107)98(115)85(97(89)114)105(86-99(116)91(108)82(92(109)100(86)117)74-50-46-58-26-6-14-38-66(58)78(74)70-42-18-30-54-22-2-10-34-62(54)70,87-101(118)93(110)83(94(111)102(87)119)75-51-47-59-27-7-15-39-67(59)79(75)71-43-19-31-55-23-3-11-35-63(55)71)88-103(120)95(112)84(96(113)104(88)121)76-52-48-60-28-8-16-40-68(60)80(76)72-44-20-32-56-24-4-12-36-64(56)72/h1-52H/q-1. The molecule has 0 amide bonds. The van der Waals surface area contributed by atoms with E-state index in [0.29, 0.717) is 64.6 Å². The highest BCUT2D eigenvalue weighted by atomic mass is 19.2. The number of fused-ring (bicyclic) bond motifs is 8. The third-order valence-corrected chi connectivity index (χ3v) is 24.0. The molecule has 0 nitrogen and oxygen atoms in total. The fourth-order valence-electron chi connectivity index (χ4n) is 18.8. The van der Waals surface area contributed by atoms with Crippen LogP contribution in [0, 0.1) is 93.1 Å². The van der Waals surface area contributed by atoms with Gasteiger partial charge >= 0.3 is 0 Å². The van der Waals surface area contributed by atoms with Crippen LogP contribution < -0.4 is 21.9 Å². The Morgan fingerprint density at radius 2 is 0.264 bits per heavy atom. The molecule has 0 heterocycles. The normalized spacial score (nSPS) is 12.0. The van der Waals surface area contributed by atoms with Crippen molar-refractivity contribution in [3.8, 4) is 89.0 Å². The van der Waals surface area contributed by atoms with Gasteiger partial charge in [0.2, 0.25) is 0 Å². The van der Waals surface area contributed by atoms with E-state index >= 15 is 70.2 Å². The van der Waals surface area contributed by atoms with Gasteiger partial charge in [-0.3, -0.25) is 0 Å². The summed E-state index contributed by atoms with van der Waals surface area (Å²) in [6, 6.07) is 78.1. The minimum absolute atomic E-state index is 0.118. The first-order chi connectivity index (χ1) is 58.8. The molecule has 20 aromatic rings. The molecule has 0 radical (unpaired) electrons. The van der Waals surface area contributed by atoms with Gasteiger partial charge in [-0.05, 0) is 153 Å². The van der Waals surface area contributed by atoms with Gasteiger partial charge in [0, 0.05) is 0 Å². The zero-order chi connectivity index (χ0) is 83.3. The highest BCUT2D eigenvalue weighted by Crippen LogP contribution is 2.51. The van der Waals surface area contributed by atoms with Crippen LogP contribution in [0.5, 0.6) is 0 Å². The topological polar surface area (TPSA) is 0 Å². The SMILES string of the molecule is Fc1c(F)c([B-](c2c(F)c(F)c(-c3ccc4ccccc4c3-c3cccc4ccccc34)c(F)c2F)(c2c(F)c(F)c(-c3ccc4ccccc4c3-c3cccc4ccccc34)c(F)c2F)c2c(F)c(F)c(-c3ccc4ccccc4c3-c3cccc4ccccc34)c(F)c2F)c(F)c(F)c1-c1ccc2ccccc2c1-c1cccc2ccccc12. The summed E-state index contributed by atoms with van der Waals surface area (Å²) in [4.78, 5) is 0. The Balaban J connectivity index is 0.976. The fraction of sp³-hybridized carbons (Fsp3) is 0. The third kappa shape index (κ3) is 11.2. The summed E-state index contributed by atoms with van der Waals surface area (Å²) in [5, 5.41) is 5.24. The summed E-state index contributed by atoms with van der Waals surface area (Å²) in [7, 11) is 0. The van der Waals surface area contributed by atoms with E-state index < -0.39 is 166 Å². The van der Waals surface area contributed by atoms with Crippen molar-refractivity contribution in [2.45, 2.75) is 0 Å². The second-order valence-electron chi connectivity index (χ2n) is 30.0. The van der Waals surface area contributed by atoms with Gasteiger partial charge in [-0.2, -0.15) is 0 Å². The summed E-state index contributed by atoms with van der Waals surface area (Å²) >= 11 is 0. The van der Waals surface area contributed by atoms with E-state index in [4.69, 9.17) is 0 Å². The predicted molar refractivity (Wildman–Crippen MR) is 453 cm³/mol. The minimum Gasteiger partial charge on any atom is -0.207 e. The second kappa shape index (κ2) is 28.9. The molecule has 0 spiro atoms. The summed E-state index contributed by atoms with van der Waals surface area (Å²) in [5.74, 6) is -47.9. The van der Waals surface area contributed by atoms with Crippen LogP contribution in [-0.4, -0.2) is 6.15 Å². The van der Waals surface area contributed by atoms with E-state index in [1.54, 1.807) is 170 Å². The molecule has 20 aromatic carbocycles. The van der Waals surface area contributed by atoms with E-state index in [9.17, 15) is 0 Å². The first kappa shape index (κ1) is 75.2. The molecule has 0 aliphatic rings. The average Bonchev–Trinajstić information content (AvgIpc) is 0.672. The molecule has 0 saturated carbocycles. The van der Waals surface area contributed by atoms with Crippen LogP contribution in [0.1, 0.15) is 0 Å². The number of benzene rings is 20. The van der Waals surface area contributed by atoms with Crippen LogP contribution in [0.4, 0.5) is 70.2 Å². The van der Waals surface area contributed by atoms with Crippen molar-refractivity contribution < 1.29 is 70.2 Å². The van der Waals surface area contributed by atoms with E-state index in [0.717, 1.165) is 24.3 Å². The number of hydrogen-bond donors (Lipinski definition) is 0. The Bertz CT molecular complexity index is 6830. The summed E-state index contributed by atoms with van der Waals surface area (Å²) in [6.45, 7) is 0. The predicted octanol–water partition coefficient (Wildman–Crippen LogP) is 27.9. The van der Waals surface area contributed by atoms with E-state index in [1.807, 2.05) is 0 Å². The number of hydrogen-bond acceptors (Lipinski definition) is 0. The maximum atomic E-state index is 20.0. The molecule has 17 heteroatoms. The zero-order valence-corrected chi connectivity index (χ0v) is 62.6. The highest BCUT2D eigenvalue weighted by Gasteiger charge is 2.53. The zero-order valence-electron chi connectivity index (χ0n) is 62.6. The van der Waals surface area contributed by atoms with Crippen molar-refractivity contribution in [3.63, 3.8) is 0 Å². The summed E-state index contributed by atoms with van der Waals surface area (Å²) < 4.78 is 315. The molecule has 0 aliphatic carbocycles. The van der Waals surface area contributed by atoms with E-state index in [-0.39, 0.29) is 66.1 Å².